The molecule has 8 heteroatoms. The summed E-state index contributed by atoms with van der Waals surface area (Å²) >= 11 is 0. The molecule has 0 bridgehead atoms. The second-order valence-corrected chi connectivity index (χ2v) is 7.40. The average molecular weight is 417 g/mol. The van der Waals surface area contributed by atoms with Crippen LogP contribution in [-0.4, -0.2) is 35.1 Å². The minimum atomic E-state index is -0.429. The van der Waals surface area contributed by atoms with Crippen LogP contribution in [0.2, 0.25) is 0 Å². The summed E-state index contributed by atoms with van der Waals surface area (Å²) in [6, 6.07) is 12.5. The predicted octanol–water partition coefficient (Wildman–Crippen LogP) is 2.91. The van der Waals surface area contributed by atoms with Crippen LogP contribution in [0.5, 0.6) is 0 Å². The number of fused-ring (bicyclic) bond motifs is 4. The number of aromatic nitrogens is 2. The molecule has 156 valence electrons. The molecule has 1 amide bonds. The lowest BCUT2D eigenvalue weighted by Crippen LogP contribution is -2.40. The third-order valence-electron chi connectivity index (χ3n) is 5.61. The Hall–Kier alpha value is -3.94. The number of furan rings is 1. The maximum Gasteiger partial charge on any atom is 0.338 e. The van der Waals surface area contributed by atoms with Crippen molar-refractivity contribution < 1.29 is 18.7 Å². The molecule has 0 saturated heterocycles. The third kappa shape index (κ3) is 3.07. The van der Waals surface area contributed by atoms with E-state index >= 15 is 0 Å². The van der Waals surface area contributed by atoms with Crippen LogP contribution < -0.4 is 10.5 Å². The predicted molar refractivity (Wildman–Crippen MR) is 114 cm³/mol. The number of hydrogen-bond donors (Lipinski definition) is 0. The van der Waals surface area contributed by atoms with Gasteiger partial charge in [-0.2, -0.15) is 0 Å². The summed E-state index contributed by atoms with van der Waals surface area (Å²) in [7, 11) is 1.33. The van der Waals surface area contributed by atoms with Gasteiger partial charge in [0.25, 0.3) is 5.56 Å². The fraction of sp³-hybridized carbons (Fsp3) is 0.217. The molecule has 0 fully saturated rings. The first-order chi connectivity index (χ1) is 15.1. The van der Waals surface area contributed by atoms with Gasteiger partial charge in [-0.25, -0.2) is 9.78 Å². The molecule has 0 aliphatic carbocycles. The number of esters is 1. The highest BCUT2D eigenvalue weighted by molar-refractivity contribution is 6.02. The number of methoxy groups -OCH3 is 1. The number of hydrogen-bond acceptors (Lipinski definition) is 6. The zero-order chi connectivity index (χ0) is 21.5. The molecule has 1 aliphatic rings. The number of rotatable bonds is 3. The fourth-order valence-corrected chi connectivity index (χ4v) is 4.14. The van der Waals surface area contributed by atoms with E-state index < -0.39 is 11.5 Å². The summed E-state index contributed by atoms with van der Waals surface area (Å²) in [6.07, 6.45) is 2.76. The second kappa shape index (κ2) is 7.39. The van der Waals surface area contributed by atoms with Gasteiger partial charge in [0, 0.05) is 17.6 Å². The Morgan fingerprint density at radius 3 is 2.84 bits per heavy atom. The van der Waals surface area contributed by atoms with Crippen LogP contribution in [0, 0.1) is 0 Å². The van der Waals surface area contributed by atoms with Gasteiger partial charge in [-0.1, -0.05) is 18.2 Å². The zero-order valence-electron chi connectivity index (χ0n) is 16.8. The molecule has 4 aromatic rings. The van der Waals surface area contributed by atoms with Crippen LogP contribution in [0.1, 0.15) is 22.3 Å². The van der Waals surface area contributed by atoms with Crippen molar-refractivity contribution in [2.45, 2.75) is 19.4 Å². The summed E-state index contributed by atoms with van der Waals surface area (Å²) < 4.78 is 11.8. The molecule has 31 heavy (non-hydrogen) atoms. The SMILES string of the molecule is COC(=O)c1cccc2c1CCCN2C(=O)Cn1cnc2c(oc3ccccc32)c1=O. The van der Waals surface area contributed by atoms with Crippen molar-refractivity contribution in [1.29, 1.82) is 0 Å². The molecule has 2 aromatic carbocycles. The molecule has 3 heterocycles. The van der Waals surface area contributed by atoms with E-state index in [0.717, 1.165) is 10.9 Å². The van der Waals surface area contributed by atoms with Crippen molar-refractivity contribution in [2.24, 2.45) is 0 Å². The Kier molecular flexibility index (Phi) is 4.54. The van der Waals surface area contributed by atoms with Crippen molar-refractivity contribution in [1.82, 2.24) is 9.55 Å². The van der Waals surface area contributed by atoms with Gasteiger partial charge in [0.2, 0.25) is 11.5 Å². The van der Waals surface area contributed by atoms with Crippen LogP contribution in [0.15, 0.2) is 58.0 Å². The van der Waals surface area contributed by atoms with E-state index in [1.54, 1.807) is 23.1 Å². The topological polar surface area (TPSA) is 94.6 Å². The molecule has 5 rings (SSSR count). The monoisotopic (exact) mass is 417 g/mol. The van der Waals surface area contributed by atoms with Gasteiger partial charge in [-0.05, 0) is 42.7 Å². The van der Waals surface area contributed by atoms with Crippen molar-refractivity contribution in [3.05, 3.63) is 70.3 Å². The average Bonchev–Trinajstić information content (AvgIpc) is 3.19. The molecule has 0 unspecified atom stereocenters. The Morgan fingerprint density at radius 1 is 1.16 bits per heavy atom. The highest BCUT2D eigenvalue weighted by Gasteiger charge is 2.27. The summed E-state index contributed by atoms with van der Waals surface area (Å²) in [5.74, 6) is -0.691. The molecule has 8 nitrogen and oxygen atoms in total. The third-order valence-corrected chi connectivity index (χ3v) is 5.61. The molecule has 0 spiro atoms. The first-order valence-corrected chi connectivity index (χ1v) is 9.95. The van der Waals surface area contributed by atoms with Crippen molar-refractivity contribution >= 4 is 39.6 Å². The van der Waals surface area contributed by atoms with Crippen LogP contribution in [-0.2, 0) is 22.5 Å². The van der Waals surface area contributed by atoms with Gasteiger partial charge in [0.15, 0.2) is 0 Å². The second-order valence-electron chi connectivity index (χ2n) is 7.40. The van der Waals surface area contributed by atoms with E-state index in [0.29, 0.717) is 41.7 Å². The normalized spacial score (nSPS) is 13.4. The molecule has 0 saturated carbocycles. The van der Waals surface area contributed by atoms with Gasteiger partial charge >= 0.3 is 5.97 Å². The lowest BCUT2D eigenvalue weighted by molar-refractivity contribution is -0.119. The van der Waals surface area contributed by atoms with E-state index in [9.17, 15) is 14.4 Å². The number of anilines is 1. The standard InChI is InChI=1S/C23H19N3O5/c1-30-23(29)15-7-4-9-17-14(15)8-5-11-26(17)19(27)12-25-13-24-20-16-6-2-3-10-18(16)31-21(20)22(25)28/h2-4,6-7,9-10,13H,5,8,11-12H2,1H3. The van der Waals surface area contributed by atoms with E-state index in [-0.39, 0.29) is 18.0 Å². The summed E-state index contributed by atoms with van der Waals surface area (Å²) in [5.41, 5.74) is 2.69. The summed E-state index contributed by atoms with van der Waals surface area (Å²) in [6.45, 7) is 0.326. The van der Waals surface area contributed by atoms with Gasteiger partial charge in [-0.3, -0.25) is 14.2 Å². The van der Waals surface area contributed by atoms with Crippen molar-refractivity contribution in [3.63, 3.8) is 0 Å². The highest BCUT2D eigenvalue weighted by Crippen LogP contribution is 2.30. The van der Waals surface area contributed by atoms with Gasteiger partial charge in [0.1, 0.15) is 17.6 Å². The van der Waals surface area contributed by atoms with E-state index in [1.807, 2.05) is 24.3 Å². The maximum atomic E-state index is 13.1. The minimum absolute atomic E-state index is 0.128. The van der Waals surface area contributed by atoms with Crippen LogP contribution in [0.4, 0.5) is 5.69 Å². The maximum absolute atomic E-state index is 13.1. The van der Waals surface area contributed by atoms with Crippen LogP contribution >= 0.6 is 0 Å². The number of carbonyl (C=O) groups excluding carboxylic acids is 2. The smallest absolute Gasteiger partial charge is 0.338 e. The van der Waals surface area contributed by atoms with E-state index in [4.69, 9.17) is 9.15 Å². The van der Waals surface area contributed by atoms with Crippen LogP contribution in [0.3, 0.4) is 0 Å². The first kappa shape index (κ1) is 19.0. The summed E-state index contributed by atoms with van der Waals surface area (Å²) in [4.78, 5) is 44.2. The molecule has 0 N–H and O–H groups in total. The van der Waals surface area contributed by atoms with Crippen LogP contribution in [0.25, 0.3) is 22.1 Å². The number of amides is 1. The zero-order valence-corrected chi connectivity index (χ0v) is 16.8. The highest BCUT2D eigenvalue weighted by atomic mass is 16.5. The van der Waals surface area contributed by atoms with Gasteiger partial charge < -0.3 is 14.1 Å². The number of para-hydroxylation sites is 1. The molecular weight excluding hydrogens is 398 g/mol. The lowest BCUT2D eigenvalue weighted by Gasteiger charge is -2.30. The Labute approximate surface area is 176 Å². The largest absolute Gasteiger partial charge is 0.465 e. The Bertz CT molecular complexity index is 1400. The number of nitrogens with zero attached hydrogens (tertiary/aromatic N) is 3. The molecule has 2 aromatic heterocycles. The van der Waals surface area contributed by atoms with Crippen molar-refractivity contribution in [3.8, 4) is 0 Å². The Balaban J connectivity index is 1.50. The van der Waals surface area contributed by atoms with Crippen molar-refractivity contribution in [2.75, 3.05) is 18.6 Å². The molecule has 0 radical (unpaired) electrons. The minimum Gasteiger partial charge on any atom is -0.465 e. The molecule has 0 atom stereocenters. The molecular formula is C23H19N3O5. The Morgan fingerprint density at radius 2 is 2.00 bits per heavy atom. The lowest BCUT2D eigenvalue weighted by atomic mass is 9.96. The van der Waals surface area contributed by atoms with Gasteiger partial charge in [0.05, 0.1) is 19.0 Å². The van der Waals surface area contributed by atoms with E-state index in [1.165, 1.54) is 18.0 Å². The summed E-state index contributed by atoms with van der Waals surface area (Å²) in [5, 5.41) is 0.758. The van der Waals surface area contributed by atoms with Gasteiger partial charge in [-0.15, -0.1) is 0 Å². The first-order valence-electron chi connectivity index (χ1n) is 9.95. The number of benzene rings is 2. The number of carbonyl (C=O) groups is 2. The van der Waals surface area contributed by atoms with E-state index in [2.05, 4.69) is 4.98 Å². The quantitative estimate of drug-likeness (QED) is 0.476. The fourth-order valence-electron chi connectivity index (χ4n) is 4.14. The number of ether oxygens (including phenoxy) is 1. The molecule has 1 aliphatic heterocycles.